The van der Waals surface area contributed by atoms with Gasteiger partial charge in [-0.25, -0.2) is 0 Å². The SMILES string of the molecule is O=C(O)CSc1nnc(CO)n1Cc1ccncc1. The second-order valence-corrected chi connectivity index (χ2v) is 4.62. The highest BCUT2D eigenvalue weighted by molar-refractivity contribution is 7.99. The Kier molecular flexibility index (Phi) is 4.48. The van der Waals surface area contributed by atoms with Gasteiger partial charge in [0.25, 0.3) is 0 Å². The summed E-state index contributed by atoms with van der Waals surface area (Å²) in [6.45, 7) is 0.221. The number of rotatable bonds is 6. The van der Waals surface area contributed by atoms with Crippen LogP contribution in [0.4, 0.5) is 0 Å². The van der Waals surface area contributed by atoms with Crippen LogP contribution in [0.1, 0.15) is 11.4 Å². The van der Waals surface area contributed by atoms with E-state index in [9.17, 15) is 9.90 Å². The fourth-order valence-electron chi connectivity index (χ4n) is 1.50. The molecule has 8 heteroatoms. The van der Waals surface area contributed by atoms with Crippen LogP contribution in [-0.4, -0.2) is 41.7 Å². The molecule has 0 aliphatic rings. The van der Waals surface area contributed by atoms with Crippen molar-refractivity contribution in [3.63, 3.8) is 0 Å². The van der Waals surface area contributed by atoms with Gasteiger partial charge in [-0.3, -0.25) is 14.3 Å². The minimum absolute atomic E-state index is 0.0973. The van der Waals surface area contributed by atoms with Crippen molar-refractivity contribution >= 4 is 17.7 Å². The monoisotopic (exact) mass is 280 g/mol. The number of carboxylic acids is 1. The van der Waals surface area contributed by atoms with Gasteiger partial charge in [0.15, 0.2) is 11.0 Å². The van der Waals surface area contributed by atoms with Crippen molar-refractivity contribution in [1.82, 2.24) is 19.7 Å². The molecule has 0 radical (unpaired) electrons. The number of hydrogen-bond donors (Lipinski definition) is 2. The molecule has 2 heterocycles. The fraction of sp³-hybridized carbons (Fsp3) is 0.273. The molecule has 0 saturated carbocycles. The molecular formula is C11H12N4O3S. The van der Waals surface area contributed by atoms with Crippen molar-refractivity contribution in [2.45, 2.75) is 18.3 Å². The maximum absolute atomic E-state index is 10.6. The lowest BCUT2D eigenvalue weighted by Crippen LogP contribution is -2.08. The number of aliphatic hydroxyl groups is 1. The molecule has 19 heavy (non-hydrogen) atoms. The third-order valence-electron chi connectivity index (χ3n) is 2.35. The smallest absolute Gasteiger partial charge is 0.313 e. The van der Waals surface area contributed by atoms with Crippen LogP contribution in [0.15, 0.2) is 29.7 Å². The van der Waals surface area contributed by atoms with Crippen molar-refractivity contribution in [2.75, 3.05) is 5.75 Å². The molecule has 0 spiro atoms. The van der Waals surface area contributed by atoms with Gasteiger partial charge in [0.05, 0.1) is 12.3 Å². The Balaban J connectivity index is 2.21. The Morgan fingerprint density at radius 2 is 2.05 bits per heavy atom. The van der Waals surface area contributed by atoms with Crippen molar-refractivity contribution in [1.29, 1.82) is 0 Å². The van der Waals surface area contributed by atoms with E-state index in [1.54, 1.807) is 17.0 Å². The number of hydrogen-bond acceptors (Lipinski definition) is 6. The summed E-state index contributed by atoms with van der Waals surface area (Å²) in [5, 5.41) is 26.1. The number of aromatic nitrogens is 4. The molecular weight excluding hydrogens is 268 g/mol. The number of nitrogens with zero attached hydrogens (tertiary/aromatic N) is 4. The molecule has 2 rings (SSSR count). The summed E-state index contributed by atoms with van der Waals surface area (Å²) in [6, 6.07) is 3.68. The summed E-state index contributed by atoms with van der Waals surface area (Å²) in [4.78, 5) is 14.5. The zero-order chi connectivity index (χ0) is 13.7. The van der Waals surface area contributed by atoms with Crippen LogP contribution in [0.25, 0.3) is 0 Å². The molecule has 0 aliphatic heterocycles. The summed E-state index contributed by atoms with van der Waals surface area (Å²) in [6.07, 6.45) is 3.34. The molecule has 0 unspecified atom stereocenters. The number of pyridine rings is 1. The van der Waals surface area contributed by atoms with Gasteiger partial charge in [0.2, 0.25) is 0 Å². The van der Waals surface area contributed by atoms with Crippen molar-refractivity contribution in [3.05, 3.63) is 35.9 Å². The van der Waals surface area contributed by atoms with E-state index in [0.29, 0.717) is 17.5 Å². The minimum atomic E-state index is -0.922. The van der Waals surface area contributed by atoms with Gasteiger partial charge >= 0.3 is 5.97 Å². The van der Waals surface area contributed by atoms with Gasteiger partial charge in [-0.2, -0.15) is 0 Å². The molecule has 0 atom stereocenters. The van der Waals surface area contributed by atoms with E-state index >= 15 is 0 Å². The summed E-state index contributed by atoms with van der Waals surface area (Å²) in [7, 11) is 0. The maximum Gasteiger partial charge on any atom is 0.313 e. The molecule has 2 aromatic rings. The van der Waals surface area contributed by atoms with E-state index in [2.05, 4.69) is 15.2 Å². The molecule has 0 aromatic carbocycles. The zero-order valence-electron chi connectivity index (χ0n) is 9.93. The molecule has 0 fully saturated rings. The average molecular weight is 280 g/mol. The molecule has 0 aliphatic carbocycles. The number of aliphatic carboxylic acids is 1. The summed E-state index contributed by atoms with van der Waals surface area (Å²) < 4.78 is 1.70. The van der Waals surface area contributed by atoms with Gasteiger partial charge < -0.3 is 10.2 Å². The normalized spacial score (nSPS) is 10.6. The van der Waals surface area contributed by atoms with Gasteiger partial charge in [-0.1, -0.05) is 11.8 Å². The van der Waals surface area contributed by atoms with Gasteiger partial charge in [-0.05, 0) is 17.7 Å². The van der Waals surface area contributed by atoms with Crippen LogP contribution in [0.3, 0.4) is 0 Å². The highest BCUT2D eigenvalue weighted by Gasteiger charge is 2.13. The summed E-state index contributed by atoms with van der Waals surface area (Å²) >= 11 is 1.07. The van der Waals surface area contributed by atoms with E-state index < -0.39 is 5.97 Å². The summed E-state index contributed by atoms with van der Waals surface area (Å²) in [5.74, 6) is -0.612. The lowest BCUT2D eigenvalue weighted by molar-refractivity contribution is -0.133. The number of carboxylic acid groups (broad SMARTS) is 1. The van der Waals surface area contributed by atoms with Crippen LogP contribution < -0.4 is 0 Å². The third kappa shape index (κ3) is 3.52. The van der Waals surface area contributed by atoms with E-state index in [1.807, 2.05) is 12.1 Å². The van der Waals surface area contributed by atoms with Gasteiger partial charge in [-0.15, -0.1) is 10.2 Å². The Morgan fingerprint density at radius 1 is 1.32 bits per heavy atom. The predicted molar refractivity (Wildman–Crippen MR) is 67.6 cm³/mol. The molecule has 7 nitrogen and oxygen atoms in total. The zero-order valence-corrected chi connectivity index (χ0v) is 10.7. The van der Waals surface area contributed by atoms with E-state index in [0.717, 1.165) is 17.3 Å². The second-order valence-electron chi connectivity index (χ2n) is 3.68. The van der Waals surface area contributed by atoms with Crippen LogP contribution in [0.2, 0.25) is 0 Å². The molecule has 2 N–H and O–H groups in total. The Hall–Kier alpha value is -1.93. The molecule has 0 saturated heterocycles. The molecule has 2 aromatic heterocycles. The van der Waals surface area contributed by atoms with Crippen molar-refractivity contribution in [3.8, 4) is 0 Å². The van der Waals surface area contributed by atoms with Gasteiger partial charge in [0.1, 0.15) is 6.61 Å². The van der Waals surface area contributed by atoms with Gasteiger partial charge in [0, 0.05) is 12.4 Å². The summed E-state index contributed by atoms with van der Waals surface area (Å²) in [5.41, 5.74) is 0.974. The van der Waals surface area contributed by atoms with Crippen LogP contribution >= 0.6 is 11.8 Å². The van der Waals surface area contributed by atoms with E-state index in [1.165, 1.54) is 0 Å². The first-order chi connectivity index (χ1) is 9.20. The topological polar surface area (TPSA) is 101 Å². The highest BCUT2D eigenvalue weighted by atomic mass is 32.2. The highest BCUT2D eigenvalue weighted by Crippen LogP contribution is 2.18. The van der Waals surface area contributed by atoms with E-state index in [4.69, 9.17) is 5.11 Å². The van der Waals surface area contributed by atoms with E-state index in [-0.39, 0.29) is 12.4 Å². The minimum Gasteiger partial charge on any atom is -0.481 e. The average Bonchev–Trinajstić information content (AvgIpc) is 2.80. The lowest BCUT2D eigenvalue weighted by Gasteiger charge is -2.08. The quantitative estimate of drug-likeness (QED) is 0.738. The first kappa shape index (κ1) is 13.5. The van der Waals surface area contributed by atoms with Crippen molar-refractivity contribution in [2.24, 2.45) is 0 Å². The first-order valence-corrected chi connectivity index (χ1v) is 6.45. The Bertz CT molecular complexity index is 558. The van der Waals surface area contributed by atoms with Crippen LogP contribution in [-0.2, 0) is 17.9 Å². The van der Waals surface area contributed by atoms with Crippen LogP contribution in [0.5, 0.6) is 0 Å². The fourth-order valence-corrected chi connectivity index (χ4v) is 2.18. The largest absolute Gasteiger partial charge is 0.481 e. The number of aliphatic hydroxyl groups excluding tert-OH is 1. The molecule has 0 amide bonds. The molecule has 100 valence electrons. The lowest BCUT2D eigenvalue weighted by atomic mass is 10.3. The second kappa shape index (κ2) is 6.30. The van der Waals surface area contributed by atoms with Crippen molar-refractivity contribution < 1.29 is 15.0 Å². The first-order valence-electron chi connectivity index (χ1n) is 5.47. The third-order valence-corrected chi connectivity index (χ3v) is 3.30. The number of carbonyl (C=O) groups is 1. The molecule has 0 bridgehead atoms. The van der Waals surface area contributed by atoms with Crippen LogP contribution in [0, 0.1) is 0 Å². The standard InChI is InChI=1S/C11H12N4O3S/c16-6-9-13-14-11(19-7-10(17)18)15(9)5-8-1-3-12-4-2-8/h1-4,16H,5-7H2,(H,17,18). The Labute approximate surface area is 113 Å². The Morgan fingerprint density at radius 3 is 2.68 bits per heavy atom. The predicted octanol–water partition coefficient (Wildman–Crippen LogP) is 0.390. The number of thioether (sulfide) groups is 1. The maximum atomic E-state index is 10.6.